The maximum atomic E-state index is 5.36. The second-order valence-electron chi connectivity index (χ2n) is 4.56. The number of anilines is 1. The van der Waals surface area contributed by atoms with Gasteiger partial charge in [0.15, 0.2) is 12.2 Å². The van der Waals surface area contributed by atoms with Crippen LogP contribution in [0.15, 0.2) is 41.3 Å². The molecule has 0 aliphatic carbocycles. The van der Waals surface area contributed by atoms with Gasteiger partial charge in [0.25, 0.3) is 0 Å². The lowest BCUT2D eigenvalue weighted by Crippen LogP contribution is -2.13. The fourth-order valence-electron chi connectivity index (χ4n) is 2.15. The normalized spacial score (nSPS) is 19.0. The first-order chi connectivity index (χ1) is 8.92. The number of oxazole rings is 1. The largest absolute Gasteiger partial charge is 0.444 e. The zero-order valence-corrected chi connectivity index (χ0v) is 10.1. The van der Waals surface area contributed by atoms with Crippen molar-refractivity contribution in [3.63, 3.8) is 0 Å². The molecule has 1 atom stereocenters. The first-order valence-corrected chi connectivity index (χ1v) is 6.22. The zero-order valence-electron chi connectivity index (χ0n) is 10.1. The van der Waals surface area contributed by atoms with Crippen molar-refractivity contribution < 1.29 is 9.15 Å². The maximum Gasteiger partial charge on any atom is 0.181 e. The summed E-state index contributed by atoms with van der Waals surface area (Å²) in [5, 5.41) is 3.45. The Morgan fingerprint density at radius 3 is 3.17 bits per heavy atom. The summed E-state index contributed by atoms with van der Waals surface area (Å²) in [5.41, 5.74) is 2.15. The molecule has 1 aromatic heterocycles. The molecule has 1 aliphatic heterocycles. The highest BCUT2D eigenvalue weighted by Gasteiger charge is 2.15. The van der Waals surface area contributed by atoms with Crippen molar-refractivity contribution in [3.8, 4) is 11.3 Å². The molecule has 3 rings (SSSR count). The summed E-state index contributed by atoms with van der Waals surface area (Å²) in [6.45, 7) is 2.72. The number of hydrogen-bond acceptors (Lipinski definition) is 4. The highest BCUT2D eigenvalue weighted by Crippen LogP contribution is 2.22. The lowest BCUT2D eigenvalue weighted by molar-refractivity contribution is 0.187. The minimum Gasteiger partial charge on any atom is -0.444 e. The van der Waals surface area contributed by atoms with Gasteiger partial charge in [0, 0.05) is 30.3 Å². The van der Waals surface area contributed by atoms with E-state index in [1.54, 1.807) is 6.20 Å². The maximum absolute atomic E-state index is 5.36. The molecule has 94 valence electrons. The lowest BCUT2D eigenvalue weighted by Gasteiger charge is -2.11. The molecule has 1 aromatic carbocycles. The first-order valence-electron chi connectivity index (χ1n) is 6.22. The standard InChI is InChI=1S/C14H16N2O2/c1-2-12(14-8-15-10-18-14)6-13(3-1)16-7-11-4-5-17-9-11/h1-3,6,8,10-11,16H,4-5,7,9H2. The number of nitrogens with zero attached hydrogens (tertiary/aromatic N) is 1. The van der Waals surface area contributed by atoms with Gasteiger partial charge in [-0.3, -0.25) is 0 Å². The summed E-state index contributed by atoms with van der Waals surface area (Å²) in [6.07, 6.45) is 4.32. The highest BCUT2D eigenvalue weighted by atomic mass is 16.5. The molecule has 2 heterocycles. The Kier molecular flexibility index (Phi) is 3.28. The SMILES string of the molecule is c1cc(NCC2CCOC2)cc(-c2cnco2)c1. The van der Waals surface area contributed by atoms with E-state index < -0.39 is 0 Å². The van der Waals surface area contributed by atoms with Gasteiger partial charge >= 0.3 is 0 Å². The average Bonchev–Trinajstić information content (AvgIpc) is 3.10. The smallest absolute Gasteiger partial charge is 0.181 e. The van der Waals surface area contributed by atoms with E-state index in [2.05, 4.69) is 22.4 Å². The van der Waals surface area contributed by atoms with Gasteiger partial charge in [-0.25, -0.2) is 4.98 Å². The van der Waals surface area contributed by atoms with E-state index >= 15 is 0 Å². The van der Waals surface area contributed by atoms with Crippen LogP contribution in [0.1, 0.15) is 6.42 Å². The van der Waals surface area contributed by atoms with E-state index in [9.17, 15) is 0 Å². The van der Waals surface area contributed by atoms with Crippen LogP contribution >= 0.6 is 0 Å². The number of rotatable bonds is 4. The van der Waals surface area contributed by atoms with Gasteiger partial charge in [0.2, 0.25) is 0 Å². The number of benzene rings is 1. The van der Waals surface area contributed by atoms with E-state index in [0.29, 0.717) is 5.92 Å². The fourth-order valence-corrected chi connectivity index (χ4v) is 2.15. The van der Waals surface area contributed by atoms with Gasteiger partial charge in [-0.2, -0.15) is 0 Å². The molecule has 0 radical (unpaired) electrons. The lowest BCUT2D eigenvalue weighted by atomic mass is 10.1. The molecule has 0 saturated carbocycles. The summed E-state index contributed by atoms with van der Waals surface area (Å²) in [5.74, 6) is 1.42. The number of ether oxygens (including phenoxy) is 1. The van der Waals surface area contributed by atoms with Crippen molar-refractivity contribution in [1.29, 1.82) is 0 Å². The molecule has 1 unspecified atom stereocenters. The Balaban J connectivity index is 1.67. The van der Waals surface area contributed by atoms with Gasteiger partial charge in [-0.1, -0.05) is 12.1 Å². The van der Waals surface area contributed by atoms with E-state index in [0.717, 1.165) is 43.2 Å². The minimum atomic E-state index is 0.624. The molecule has 2 aromatic rings. The average molecular weight is 244 g/mol. The van der Waals surface area contributed by atoms with Crippen LogP contribution in [-0.2, 0) is 4.74 Å². The fraction of sp³-hybridized carbons (Fsp3) is 0.357. The van der Waals surface area contributed by atoms with Crippen LogP contribution < -0.4 is 5.32 Å². The minimum absolute atomic E-state index is 0.624. The number of nitrogens with one attached hydrogen (secondary N) is 1. The van der Waals surface area contributed by atoms with E-state index in [1.807, 2.05) is 12.1 Å². The van der Waals surface area contributed by atoms with Gasteiger partial charge in [0.05, 0.1) is 12.8 Å². The monoisotopic (exact) mass is 244 g/mol. The van der Waals surface area contributed by atoms with Crippen molar-refractivity contribution in [3.05, 3.63) is 36.9 Å². The van der Waals surface area contributed by atoms with Crippen molar-refractivity contribution in [1.82, 2.24) is 4.98 Å². The quantitative estimate of drug-likeness (QED) is 0.898. The van der Waals surface area contributed by atoms with Gasteiger partial charge in [-0.15, -0.1) is 0 Å². The molecule has 0 amide bonds. The van der Waals surface area contributed by atoms with Crippen LogP contribution in [0.4, 0.5) is 5.69 Å². The van der Waals surface area contributed by atoms with Crippen LogP contribution in [-0.4, -0.2) is 24.7 Å². The van der Waals surface area contributed by atoms with E-state index in [1.165, 1.54) is 6.39 Å². The van der Waals surface area contributed by atoms with Crippen molar-refractivity contribution >= 4 is 5.69 Å². The second-order valence-corrected chi connectivity index (χ2v) is 4.56. The predicted octanol–water partition coefficient (Wildman–Crippen LogP) is 2.79. The molecule has 4 heteroatoms. The number of aromatic nitrogens is 1. The summed E-state index contributed by atoms with van der Waals surface area (Å²) in [4.78, 5) is 3.93. The molecule has 4 nitrogen and oxygen atoms in total. The van der Waals surface area contributed by atoms with Gasteiger partial charge in [-0.05, 0) is 18.6 Å². The van der Waals surface area contributed by atoms with Crippen LogP contribution in [0, 0.1) is 5.92 Å². The Hall–Kier alpha value is -1.81. The molecule has 18 heavy (non-hydrogen) atoms. The topological polar surface area (TPSA) is 47.3 Å². The van der Waals surface area contributed by atoms with Gasteiger partial charge < -0.3 is 14.5 Å². The molecule has 0 spiro atoms. The van der Waals surface area contributed by atoms with E-state index in [-0.39, 0.29) is 0 Å². The zero-order chi connectivity index (χ0) is 12.2. The number of hydrogen-bond donors (Lipinski definition) is 1. The summed E-state index contributed by atoms with van der Waals surface area (Å²) >= 11 is 0. The van der Waals surface area contributed by atoms with Crippen molar-refractivity contribution in [2.75, 3.05) is 25.1 Å². The summed E-state index contributed by atoms with van der Waals surface area (Å²) in [7, 11) is 0. The molecule has 1 saturated heterocycles. The Morgan fingerprint density at radius 2 is 2.39 bits per heavy atom. The summed E-state index contributed by atoms with van der Waals surface area (Å²) < 4.78 is 10.7. The third kappa shape index (κ3) is 2.54. The Morgan fingerprint density at radius 1 is 1.39 bits per heavy atom. The van der Waals surface area contributed by atoms with Crippen LogP contribution in [0.5, 0.6) is 0 Å². The molecule has 0 bridgehead atoms. The van der Waals surface area contributed by atoms with Crippen LogP contribution in [0.3, 0.4) is 0 Å². The second kappa shape index (κ2) is 5.23. The van der Waals surface area contributed by atoms with Crippen molar-refractivity contribution in [2.24, 2.45) is 5.92 Å². The third-order valence-electron chi connectivity index (χ3n) is 3.20. The first kappa shape index (κ1) is 11.3. The van der Waals surface area contributed by atoms with Gasteiger partial charge in [0.1, 0.15) is 0 Å². The highest BCUT2D eigenvalue weighted by molar-refractivity contribution is 5.63. The van der Waals surface area contributed by atoms with E-state index in [4.69, 9.17) is 9.15 Å². The molecular formula is C14H16N2O2. The Bertz CT molecular complexity index is 490. The summed E-state index contributed by atoms with van der Waals surface area (Å²) in [6, 6.07) is 8.18. The van der Waals surface area contributed by atoms with Crippen LogP contribution in [0.2, 0.25) is 0 Å². The molecule has 1 aliphatic rings. The molecule has 1 fully saturated rings. The van der Waals surface area contributed by atoms with Crippen LogP contribution in [0.25, 0.3) is 11.3 Å². The molecular weight excluding hydrogens is 228 g/mol. The third-order valence-corrected chi connectivity index (χ3v) is 3.20. The Labute approximate surface area is 106 Å². The predicted molar refractivity (Wildman–Crippen MR) is 69.4 cm³/mol. The van der Waals surface area contributed by atoms with Crippen molar-refractivity contribution in [2.45, 2.75) is 6.42 Å². The molecule has 1 N–H and O–H groups in total.